The summed E-state index contributed by atoms with van der Waals surface area (Å²) in [5.41, 5.74) is 3.14. The molecule has 1 aliphatic rings. The largest absolute Gasteiger partial charge is 0.373 e. The molecule has 3 heterocycles. The first kappa shape index (κ1) is 20.3. The molecule has 0 unspecified atom stereocenters. The van der Waals surface area contributed by atoms with Gasteiger partial charge in [0.2, 0.25) is 0 Å². The Balaban J connectivity index is 1.68. The molecule has 158 valence electrons. The second kappa shape index (κ2) is 8.41. The van der Waals surface area contributed by atoms with Gasteiger partial charge in [-0.2, -0.15) is 5.10 Å². The van der Waals surface area contributed by atoms with Crippen LogP contribution < -0.4 is 0 Å². The number of benzene rings is 1. The third kappa shape index (κ3) is 4.01. The summed E-state index contributed by atoms with van der Waals surface area (Å²) in [7, 11) is 5.90. The molecule has 0 bridgehead atoms. The molecule has 2 atom stereocenters. The molecule has 1 N–H and O–H groups in total. The molecule has 8 nitrogen and oxygen atoms in total. The first-order chi connectivity index (χ1) is 14.4. The van der Waals surface area contributed by atoms with Crippen molar-refractivity contribution < 1.29 is 9.53 Å². The van der Waals surface area contributed by atoms with E-state index in [0.29, 0.717) is 31.2 Å². The van der Waals surface area contributed by atoms with Gasteiger partial charge in [0.15, 0.2) is 0 Å². The summed E-state index contributed by atoms with van der Waals surface area (Å²) < 4.78 is 7.84. The van der Waals surface area contributed by atoms with Gasteiger partial charge in [0.25, 0.3) is 5.91 Å². The van der Waals surface area contributed by atoms with E-state index in [0.717, 1.165) is 16.8 Å². The van der Waals surface area contributed by atoms with E-state index in [-0.39, 0.29) is 18.1 Å². The maximum atomic E-state index is 13.6. The topological polar surface area (TPSA) is 79.3 Å². The van der Waals surface area contributed by atoms with Crippen molar-refractivity contribution in [3.8, 4) is 11.4 Å². The zero-order chi connectivity index (χ0) is 21.3. The summed E-state index contributed by atoms with van der Waals surface area (Å²) in [6.07, 6.45) is 3.62. The zero-order valence-corrected chi connectivity index (χ0v) is 17.9. The molecule has 30 heavy (non-hydrogen) atoms. The molecular formula is C22H28N6O2. The lowest BCUT2D eigenvalue weighted by Crippen LogP contribution is -2.51. The maximum Gasteiger partial charge on any atom is 0.275 e. The molecule has 4 rings (SSSR count). The Bertz CT molecular complexity index is 1010. The number of aromatic nitrogens is 4. The van der Waals surface area contributed by atoms with Gasteiger partial charge in [-0.15, -0.1) is 0 Å². The van der Waals surface area contributed by atoms with Crippen molar-refractivity contribution in [1.82, 2.24) is 29.5 Å². The fraction of sp³-hybridized carbons (Fsp3) is 0.409. The summed E-state index contributed by atoms with van der Waals surface area (Å²) in [4.78, 5) is 25.5. The van der Waals surface area contributed by atoms with E-state index in [1.165, 1.54) is 0 Å². The van der Waals surface area contributed by atoms with Gasteiger partial charge in [0.1, 0.15) is 11.5 Å². The third-order valence-electron chi connectivity index (χ3n) is 5.36. The monoisotopic (exact) mass is 408 g/mol. The number of hydrogen-bond acceptors (Lipinski definition) is 5. The predicted octanol–water partition coefficient (Wildman–Crippen LogP) is 2.26. The molecule has 0 aliphatic carbocycles. The van der Waals surface area contributed by atoms with Crippen molar-refractivity contribution in [1.29, 1.82) is 0 Å². The number of amides is 1. The molecular weight excluding hydrogens is 380 g/mol. The predicted molar refractivity (Wildman–Crippen MR) is 114 cm³/mol. The molecule has 1 aromatic carbocycles. The van der Waals surface area contributed by atoms with Crippen molar-refractivity contribution in [3.63, 3.8) is 0 Å². The summed E-state index contributed by atoms with van der Waals surface area (Å²) in [5, 5.41) is 4.32. The number of imidazole rings is 1. The Morgan fingerprint density at radius 3 is 2.73 bits per heavy atom. The van der Waals surface area contributed by atoms with Crippen LogP contribution in [0.5, 0.6) is 0 Å². The molecule has 1 amide bonds. The van der Waals surface area contributed by atoms with Gasteiger partial charge < -0.3 is 19.5 Å². The van der Waals surface area contributed by atoms with E-state index < -0.39 is 0 Å². The fourth-order valence-electron chi connectivity index (χ4n) is 4.00. The highest BCUT2D eigenvalue weighted by atomic mass is 16.5. The average molecular weight is 409 g/mol. The van der Waals surface area contributed by atoms with Gasteiger partial charge in [-0.05, 0) is 21.0 Å². The Morgan fingerprint density at radius 1 is 1.30 bits per heavy atom. The highest BCUT2D eigenvalue weighted by Gasteiger charge is 2.39. The number of hydrogen-bond donors (Lipinski definition) is 1. The van der Waals surface area contributed by atoms with E-state index in [1.54, 1.807) is 4.68 Å². The number of rotatable bonds is 5. The van der Waals surface area contributed by atoms with E-state index in [1.807, 2.05) is 75.7 Å². The number of H-pyrrole nitrogens is 1. The maximum absolute atomic E-state index is 13.6. The number of nitrogens with zero attached hydrogens (tertiary/aromatic N) is 5. The van der Waals surface area contributed by atoms with Crippen LogP contribution in [-0.4, -0.2) is 75.4 Å². The second-order valence-electron chi connectivity index (χ2n) is 7.99. The van der Waals surface area contributed by atoms with Crippen LogP contribution in [0, 0.1) is 6.92 Å². The van der Waals surface area contributed by atoms with Gasteiger partial charge in [-0.3, -0.25) is 9.48 Å². The van der Waals surface area contributed by atoms with Crippen LogP contribution >= 0.6 is 0 Å². The van der Waals surface area contributed by atoms with Crippen LogP contribution in [0.4, 0.5) is 0 Å². The number of morpholine rings is 1. The Kier molecular flexibility index (Phi) is 5.69. The lowest BCUT2D eigenvalue weighted by molar-refractivity contribution is -0.0686. The fourth-order valence-corrected chi connectivity index (χ4v) is 4.00. The standard InChI is InChI=1S/C22H28N6O2/c1-15-19(25-21(24-15)16-8-6-5-7-9-16)22(29)28-10-11-30-18(14-26(2)3)20(28)17-12-23-27(4)13-17/h5-9,12-13,18,20H,10-11,14H2,1-4H3,(H,24,25)/t18-,20-/m0/s1. The van der Waals surface area contributed by atoms with Crippen LogP contribution in [0.2, 0.25) is 0 Å². The number of nitrogens with one attached hydrogen (secondary N) is 1. The lowest BCUT2D eigenvalue weighted by atomic mass is 10.00. The smallest absolute Gasteiger partial charge is 0.275 e. The summed E-state index contributed by atoms with van der Waals surface area (Å²) in [5.74, 6) is 0.610. The first-order valence-corrected chi connectivity index (χ1v) is 10.1. The number of carbonyl (C=O) groups excluding carboxylic acids is 1. The van der Waals surface area contributed by atoms with Crippen molar-refractivity contribution in [2.24, 2.45) is 7.05 Å². The Morgan fingerprint density at radius 2 is 2.07 bits per heavy atom. The molecule has 1 saturated heterocycles. The molecule has 8 heteroatoms. The van der Waals surface area contributed by atoms with Gasteiger partial charge in [-0.1, -0.05) is 30.3 Å². The quantitative estimate of drug-likeness (QED) is 0.701. The lowest BCUT2D eigenvalue weighted by Gasteiger charge is -2.41. The number of carbonyl (C=O) groups is 1. The van der Waals surface area contributed by atoms with E-state index in [2.05, 4.69) is 20.0 Å². The summed E-state index contributed by atoms with van der Waals surface area (Å²) >= 11 is 0. The van der Waals surface area contributed by atoms with E-state index in [4.69, 9.17) is 4.74 Å². The van der Waals surface area contributed by atoms with Gasteiger partial charge in [0.05, 0.1) is 24.9 Å². The molecule has 1 fully saturated rings. The van der Waals surface area contributed by atoms with Gasteiger partial charge >= 0.3 is 0 Å². The van der Waals surface area contributed by atoms with Gasteiger partial charge in [-0.25, -0.2) is 4.98 Å². The summed E-state index contributed by atoms with van der Waals surface area (Å²) in [6, 6.07) is 9.61. The normalized spacial score (nSPS) is 19.4. The minimum atomic E-state index is -0.223. The van der Waals surface area contributed by atoms with Gasteiger partial charge in [0, 0.05) is 43.2 Å². The van der Waals surface area contributed by atoms with Crippen LogP contribution in [0.3, 0.4) is 0 Å². The minimum Gasteiger partial charge on any atom is -0.373 e. The molecule has 1 aliphatic heterocycles. The highest BCUT2D eigenvalue weighted by Crippen LogP contribution is 2.32. The van der Waals surface area contributed by atoms with Crippen LogP contribution in [0.25, 0.3) is 11.4 Å². The molecule has 3 aromatic rings. The SMILES string of the molecule is Cc1[nH]c(-c2ccccc2)nc1C(=O)N1CCO[C@@H](CN(C)C)[C@@H]1c1cnn(C)c1. The Hall–Kier alpha value is -2.97. The first-order valence-electron chi connectivity index (χ1n) is 10.1. The molecule has 0 saturated carbocycles. The average Bonchev–Trinajstić information content (AvgIpc) is 3.33. The Labute approximate surface area is 176 Å². The van der Waals surface area contributed by atoms with Crippen molar-refractivity contribution in [2.75, 3.05) is 33.8 Å². The minimum absolute atomic E-state index is 0.0909. The third-order valence-corrected chi connectivity index (χ3v) is 5.36. The van der Waals surface area contributed by atoms with Crippen LogP contribution in [0.15, 0.2) is 42.7 Å². The van der Waals surface area contributed by atoms with E-state index in [9.17, 15) is 4.79 Å². The van der Waals surface area contributed by atoms with Crippen LogP contribution in [-0.2, 0) is 11.8 Å². The highest BCUT2D eigenvalue weighted by molar-refractivity contribution is 5.94. The zero-order valence-electron chi connectivity index (χ0n) is 17.9. The van der Waals surface area contributed by atoms with Crippen molar-refractivity contribution in [3.05, 3.63) is 59.7 Å². The number of likely N-dealkylation sites (N-methyl/N-ethyl adjacent to an activating group) is 1. The second-order valence-corrected chi connectivity index (χ2v) is 7.99. The molecule has 2 aromatic heterocycles. The summed E-state index contributed by atoms with van der Waals surface area (Å²) in [6.45, 7) is 3.60. The van der Waals surface area contributed by atoms with Crippen molar-refractivity contribution >= 4 is 5.91 Å². The van der Waals surface area contributed by atoms with E-state index >= 15 is 0 Å². The van der Waals surface area contributed by atoms with Crippen molar-refractivity contribution in [2.45, 2.75) is 19.1 Å². The molecule has 0 radical (unpaired) electrons. The molecule has 0 spiro atoms. The number of aromatic amines is 1. The number of ether oxygens (including phenoxy) is 1. The van der Waals surface area contributed by atoms with Crippen LogP contribution in [0.1, 0.15) is 27.8 Å². The number of aryl methyl sites for hydroxylation is 2.